The van der Waals surface area contributed by atoms with Gasteiger partial charge in [0, 0.05) is 39.8 Å². The number of thiazole rings is 1. The maximum atomic E-state index is 13.1. The van der Waals surface area contributed by atoms with E-state index in [9.17, 15) is 32.7 Å². The highest BCUT2D eigenvalue weighted by Crippen LogP contribution is 2.44. The maximum absolute atomic E-state index is 13.1. The number of thioether (sulfide) groups is 1. The minimum absolute atomic E-state index is 0.0797. The van der Waals surface area contributed by atoms with Gasteiger partial charge in [0.25, 0.3) is 11.8 Å². The van der Waals surface area contributed by atoms with Gasteiger partial charge in [0.15, 0.2) is 9.47 Å². The molecule has 3 aromatic heterocycles. The van der Waals surface area contributed by atoms with Gasteiger partial charge in [-0.15, -0.1) is 11.3 Å². The number of nitrogen functional groups attached to an aromatic ring is 1. The van der Waals surface area contributed by atoms with Gasteiger partial charge in [0.05, 0.1) is 11.7 Å². The standard InChI is InChI=1S/C22H17F3N8O5S3/c23-22(24,25)8-38-31-14(16-30-20(26)41-32-16)17(34)29-13-11-1-2-12(15(19(36)37)33(11)18(13)35)40-21-28-10(7-39-21)9-3-5-27-6-4-9/h3-7,11,13H,1-2,8H2,(H,29,34)(H,36,37)(H2,26,30,32)/b31-14-. The number of anilines is 1. The van der Waals surface area contributed by atoms with E-state index in [-0.39, 0.29) is 23.1 Å². The Kier molecular flexibility index (Phi) is 7.91. The van der Waals surface area contributed by atoms with Crippen molar-refractivity contribution in [2.24, 2.45) is 5.16 Å². The van der Waals surface area contributed by atoms with E-state index in [0.717, 1.165) is 22.2 Å². The Morgan fingerprint density at radius 2 is 2.05 bits per heavy atom. The van der Waals surface area contributed by atoms with Gasteiger partial charge in [0.1, 0.15) is 11.7 Å². The second-order valence-corrected chi connectivity index (χ2v) is 11.4. The minimum Gasteiger partial charge on any atom is -0.477 e. The molecule has 0 aliphatic carbocycles. The lowest BCUT2D eigenvalue weighted by Crippen LogP contribution is -2.72. The fraction of sp³-hybridized carbons (Fsp3) is 0.273. The number of carbonyl (C=O) groups is 3. The molecule has 3 aromatic rings. The second kappa shape index (κ2) is 11.4. The van der Waals surface area contributed by atoms with Crippen LogP contribution in [0.3, 0.4) is 0 Å². The molecule has 13 nitrogen and oxygen atoms in total. The highest BCUT2D eigenvalue weighted by Gasteiger charge is 2.54. The number of rotatable bonds is 9. The molecule has 19 heteroatoms. The van der Waals surface area contributed by atoms with Crippen molar-refractivity contribution in [3.05, 3.63) is 46.3 Å². The van der Waals surface area contributed by atoms with Gasteiger partial charge in [-0.25, -0.2) is 9.78 Å². The number of nitrogens with one attached hydrogen (secondary N) is 1. The van der Waals surface area contributed by atoms with Crippen molar-refractivity contribution >= 4 is 63.3 Å². The number of carboxylic acid groups (broad SMARTS) is 1. The summed E-state index contributed by atoms with van der Waals surface area (Å²) in [5.41, 5.74) is 6.11. The number of nitrogens with zero attached hydrogens (tertiary/aromatic N) is 6. The summed E-state index contributed by atoms with van der Waals surface area (Å²) in [6.45, 7) is -1.78. The molecule has 41 heavy (non-hydrogen) atoms. The van der Waals surface area contributed by atoms with E-state index >= 15 is 0 Å². The van der Waals surface area contributed by atoms with Crippen LogP contribution in [0.2, 0.25) is 0 Å². The van der Waals surface area contributed by atoms with Gasteiger partial charge >= 0.3 is 12.1 Å². The molecule has 2 amide bonds. The van der Waals surface area contributed by atoms with Crippen molar-refractivity contribution < 1.29 is 37.5 Å². The molecular weight excluding hydrogens is 609 g/mol. The molecule has 5 heterocycles. The fourth-order valence-electron chi connectivity index (χ4n) is 4.09. The molecule has 214 valence electrons. The molecule has 0 aromatic carbocycles. The highest BCUT2D eigenvalue weighted by molar-refractivity contribution is 8.04. The molecule has 2 unspecified atom stereocenters. The molecule has 2 aliphatic rings. The summed E-state index contributed by atoms with van der Waals surface area (Å²) in [5.74, 6) is -3.52. The fourth-order valence-corrected chi connectivity index (χ4v) is 6.57. The zero-order valence-corrected chi connectivity index (χ0v) is 22.8. The summed E-state index contributed by atoms with van der Waals surface area (Å²) < 4.78 is 41.9. The number of nitrogens with two attached hydrogens (primary N) is 1. The van der Waals surface area contributed by atoms with Crippen LogP contribution in [0.25, 0.3) is 11.3 Å². The number of fused-ring (bicyclic) bond motifs is 1. The van der Waals surface area contributed by atoms with Gasteiger partial charge in [0.2, 0.25) is 18.1 Å². The summed E-state index contributed by atoms with van der Waals surface area (Å²) >= 11 is 3.14. The molecule has 0 saturated carbocycles. The average molecular weight is 627 g/mol. The van der Waals surface area contributed by atoms with Gasteiger partial charge < -0.3 is 21.0 Å². The first kappa shape index (κ1) is 28.4. The van der Waals surface area contributed by atoms with Gasteiger partial charge in [-0.2, -0.15) is 22.5 Å². The molecule has 2 atom stereocenters. The Balaban J connectivity index is 1.32. The lowest BCUT2D eigenvalue weighted by Gasteiger charge is -2.49. The number of hydrogen-bond donors (Lipinski definition) is 3. The number of allylic oxidation sites excluding steroid dienone is 1. The molecule has 0 bridgehead atoms. The zero-order valence-electron chi connectivity index (χ0n) is 20.4. The van der Waals surface area contributed by atoms with Crippen molar-refractivity contribution in [1.82, 2.24) is 29.5 Å². The van der Waals surface area contributed by atoms with Gasteiger partial charge in [-0.3, -0.25) is 19.5 Å². The number of carboxylic acids is 1. The number of aliphatic carboxylic acids is 1. The molecule has 1 saturated heterocycles. The van der Waals surface area contributed by atoms with Crippen molar-refractivity contribution in [2.45, 2.75) is 35.4 Å². The summed E-state index contributed by atoms with van der Waals surface area (Å²) in [6.07, 6.45) is -0.882. The van der Waals surface area contributed by atoms with Gasteiger partial charge in [-0.1, -0.05) is 16.9 Å². The lowest BCUT2D eigenvalue weighted by atomic mass is 9.86. The Bertz CT molecular complexity index is 1560. The maximum Gasteiger partial charge on any atom is 0.425 e. The third-order valence-electron chi connectivity index (χ3n) is 5.80. The normalized spacial score (nSPS) is 19.0. The molecule has 1 fully saturated rings. The van der Waals surface area contributed by atoms with Crippen molar-refractivity contribution in [2.75, 3.05) is 12.3 Å². The lowest BCUT2D eigenvalue weighted by molar-refractivity contribution is -0.174. The quantitative estimate of drug-likeness (QED) is 0.180. The Morgan fingerprint density at radius 1 is 1.29 bits per heavy atom. The number of hydrogen-bond acceptors (Lipinski definition) is 13. The number of carbonyl (C=O) groups excluding carboxylic acids is 2. The topological polar surface area (TPSA) is 186 Å². The number of halogens is 3. The first-order valence-electron chi connectivity index (χ1n) is 11.5. The number of alkyl halides is 3. The number of aromatic nitrogens is 4. The second-order valence-electron chi connectivity index (χ2n) is 8.46. The Labute approximate surface area is 240 Å². The smallest absolute Gasteiger partial charge is 0.425 e. The predicted molar refractivity (Wildman–Crippen MR) is 141 cm³/mol. The Morgan fingerprint density at radius 3 is 2.71 bits per heavy atom. The van der Waals surface area contributed by atoms with E-state index < -0.39 is 48.4 Å². The molecule has 5 rings (SSSR count). The van der Waals surface area contributed by atoms with Crippen LogP contribution in [0.5, 0.6) is 0 Å². The first-order valence-corrected chi connectivity index (χ1v) is 14.0. The number of oxime groups is 1. The van der Waals surface area contributed by atoms with Crippen LogP contribution in [0.4, 0.5) is 18.3 Å². The minimum atomic E-state index is -4.72. The molecular formula is C22H17F3N8O5S3. The van der Waals surface area contributed by atoms with Crippen LogP contribution in [0.1, 0.15) is 18.7 Å². The summed E-state index contributed by atoms with van der Waals surface area (Å²) in [5, 5.41) is 17.3. The number of β-lactam (4-membered cyclic amide) rings is 1. The molecule has 0 spiro atoms. The highest BCUT2D eigenvalue weighted by atomic mass is 32.2. The summed E-state index contributed by atoms with van der Waals surface area (Å²) in [7, 11) is 0. The van der Waals surface area contributed by atoms with Crippen LogP contribution in [-0.2, 0) is 19.2 Å². The third kappa shape index (κ3) is 6.15. The SMILES string of the molecule is Nc1nc(/C(=N/OCC(F)(F)F)C(=O)NC2C(=O)N3C(C(=O)O)=C(Sc4nc(-c5ccncc5)cs4)CCC23)ns1. The van der Waals surface area contributed by atoms with E-state index in [0.29, 0.717) is 32.9 Å². The first-order chi connectivity index (χ1) is 19.5. The van der Waals surface area contributed by atoms with Crippen molar-refractivity contribution in [1.29, 1.82) is 0 Å². The molecule has 4 N–H and O–H groups in total. The van der Waals surface area contributed by atoms with Crippen LogP contribution in [-0.4, -0.2) is 77.7 Å². The van der Waals surface area contributed by atoms with Gasteiger partial charge in [-0.05, 0) is 25.0 Å². The van der Waals surface area contributed by atoms with Crippen LogP contribution >= 0.6 is 34.6 Å². The third-order valence-corrected chi connectivity index (χ3v) is 8.43. The number of pyridine rings is 1. The number of amides is 2. The van der Waals surface area contributed by atoms with Crippen LogP contribution in [0, 0.1) is 0 Å². The van der Waals surface area contributed by atoms with E-state index in [1.165, 1.54) is 11.3 Å². The van der Waals surface area contributed by atoms with Crippen molar-refractivity contribution in [3.8, 4) is 11.3 Å². The van der Waals surface area contributed by atoms with E-state index in [1.54, 1.807) is 24.5 Å². The molecule has 2 aliphatic heterocycles. The summed E-state index contributed by atoms with van der Waals surface area (Å²) in [6, 6.07) is 1.71. The largest absolute Gasteiger partial charge is 0.477 e. The average Bonchev–Trinajstić information content (AvgIpc) is 3.58. The van der Waals surface area contributed by atoms with Crippen LogP contribution < -0.4 is 11.1 Å². The van der Waals surface area contributed by atoms with E-state index in [1.807, 2.05) is 5.38 Å². The monoisotopic (exact) mass is 626 g/mol. The molecule has 0 radical (unpaired) electrons. The van der Waals surface area contributed by atoms with E-state index in [2.05, 4.69) is 34.6 Å². The summed E-state index contributed by atoms with van der Waals surface area (Å²) in [4.78, 5) is 56.2. The Hall–Kier alpha value is -4.10. The predicted octanol–water partition coefficient (Wildman–Crippen LogP) is 2.50. The zero-order chi connectivity index (χ0) is 29.3. The van der Waals surface area contributed by atoms with Crippen LogP contribution in [0.15, 0.2) is 50.0 Å². The van der Waals surface area contributed by atoms with Crippen molar-refractivity contribution in [3.63, 3.8) is 0 Å². The van der Waals surface area contributed by atoms with E-state index in [4.69, 9.17) is 5.73 Å².